The first-order valence-corrected chi connectivity index (χ1v) is 10.8. The maximum absolute atomic E-state index is 12.3. The molecule has 1 heterocycles. The number of benzene rings is 1. The number of hydrogen-bond donors (Lipinski definition) is 0. The van der Waals surface area contributed by atoms with Gasteiger partial charge in [0.1, 0.15) is 26.0 Å². The summed E-state index contributed by atoms with van der Waals surface area (Å²) in [6.07, 6.45) is 1.71. The minimum Gasteiger partial charge on any atom is -0.487 e. The van der Waals surface area contributed by atoms with E-state index >= 15 is 0 Å². The van der Waals surface area contributed by atoms with E-state index in [0.717, 1.165) is 5.56 Å². The molecule has 0 aliphatic heterocycles. The second-order valence-electron chi connectivity index (χ2n) is 6.25. The smallest absolute Gasteiger partial charge is 0.269 e. The number of ether oxygens (including phenoxy) is 1. The second kappa shape index (κ2) is 6.67. The van der Waals surface area contributed by atoms with E-state index < -0.39 is 8.07 Å². The Bertz CT molecular complexity index is 762. The highest BCUT2D eigenvalue weighted by atomic mass is 28.3. The van der Waals surface area contributed by atoms with E-state index in [9.17, 15) is 4.79 Å². The van der Waals surface area contributed by atoms with Crippen molar-refractivity contribution in [2.24, 2.45) is 7.05 Å². The average molecular weight is 311 g/mol. The summed E-state index contributed by atoms with van der Waals surface area (Å²) < 4.78 is 7.36. The topological polar surface area (TPSA) is 31.2 Å². The molecule has 0 aliphatic rings. The van der Waals surface area contributed by atoms with Gasteiger partial charge in [-0.2, -0.15) is 0 Å². The minimum absolute atomic E-state index is 0.115. The van der Waals surface area contributed by atoms with Crippen molar-refractivity contribution in [3.8, 4) is 17.2 Å². The molecule has 3 nitrogen and oxygen atoms in total. The molecule has 0 unspecified atom stereocenters. The van der Waals surface area contributed by atoms with Crippen LogP contribution in [0.3, 0.4) is 0 Å². The summed E-state index contributed by atoms with van der Waals surface area (Å²) in [5.74, 6) is 3.61. The highest BCUT2D eigenvalue weighted by Crippen LogP contribution is 2.15. The molecule has 2 aromatic rings. The van der Waals surface area contributed by atoms with Gasteiger partial charge in [0.2, 0.25) is 0 Å². The molecule has 0 aliphatic carbocycles. The summed E-state index contributed by atoms with van der Waals surface area (Å²) in [5, 5.41) is 0. The Morgan fingerprint density at radius 3 is 2.45 bits per heavy atom. The van der Waals surface area contributed by atoms with Crippen molar-refractivity contribution < 1.29 is 4.74 Å². The van der Waals surface area contributed by atoms with Crippen LogP contribution in [-0.2, 0) is 13.7 Å². The quantitative estimate of drug-likeness (QED) is 0.644. The van der Waals surface area contributed by atoms with E-state index in [1.165, 1.54) is 4.57 Å². The Kier molecular flexibility index (Phi) is 4.89. The van der Waals surface area contributed by atoms with Crippen molar-refractivity contribution >= 4 is 8.07 Å². The van der Waals surface area contributed by atoms with Crippen LogP contribution in [0.25, 0.3) is 0 Å². The van der Waals surface area contributed by atoms with Gasteiger partial charge < -0.3 is 9.30 Å². The standard InChI is InChI=1S/C18H21NO2Si/c1-19-12-10-17(21-14-15-8-6-5-7-9-15)16(18(19)20)11-13-22(2,3)4/h5-10,12H,14H2,1-4H3. The van der Waals surface area contributed by atoms with Crippen LogP contribution in [0.2, 0.25) is 19.6 Å². The SMILES string of the molecule is Cn1ccc(OCc2ccccc2)c(C#C[Si](C)(C)C)c1=O. The molecule has 0 fully saturated rings. The van der Waals surface area contributed by atoms with Gasteiger partial charge in [0, 0.05) is 13.2 Å². The third-order valence-corrected chi connectivity index (χ3v) is 3.90. The Morgan fingerprint density at radius 2 is 1.82 bits per heavy atom. The predicted octanol–water partition coefficient (Wildman–Crippen LogP) is 3.19. The van der Waals surface area contributed by atoms with Crippen molar-refractivity contribution in [2.45, 2.75) is 26.2 Å². The van der Waals surface area contributed by atoms with E-state index in [0.29, 0.717) is 17.9 Å². The molecule has 0 amide bonds. The zero-order valence-corrected chi connectivity index (χ0v) is 14.5. The van der Waals surface area contributed by atoms with Crippen LogP contribution >= 0.6 is 0 Å². The zero-order chi connectivity index (χ0) is 16.2. The molecule has 0 spiro atoms. The van der Waals surface area contributed by atoms with Crippen molar-refractivity contribution in [2.75, 3.05) is 0 Å². The summed E-state index contributed by atoms with van der Waals surface area (Å²) in [7, 11) is 0.170. The first kappa shape index (κ1) is 16.1. The maximum atomic E-state index is 12.3. The zero-order valence-electron chi connectivity index (χ0n) is 13.5. The molecule has 1 aromatic heterocycles. The van der Waals surface area contributed by atoms with E-state index in [2.05, 4.69) is 31.1 Å². The maximum Gasteiger partial charge on any atom is 0.269 e. The van der Waals surface area contributed by atoms with Gasteiger partial charge in [0.05, 0.1) is 0 Å². The molecule has 2 rings (SSSR count). The summed E-state index contributed by atoms with van der Waals surface area (Å²) in [5.41, 5.74) is 4.64. The Morgan fingerprint density at radius 1 is 1.14 bits per heavy atom. The number of hydrogen-bond acceptors (Lipinski definition) is 2. The fourth-order valence-corrected chi connectivity index (χ4v) is 2.33. The van der Waals surface area contributed by atoms with Gasteiger partial charge in [-0.05, 0) is 11.6 Å². The first-order chi connectivity index (χ1) is 10.4. The van der Waals surface area contributed by atoms with Crippen LogP contribution in [-0.4, -0.2) is 12.6 Å². The highest BCUT2D eigenvalue weighted by molar-refractivity contribution is 6.83. The predicted molar refractivity (Wildman–Crippen MR) is 92.7 cm³/mol. The highest BCUT2D eigenvalue weighted by Gasteiger charge is 2.11. The van der Waals surface area contributed by atoms with E-state index in [1.54, 1.807) is 19.3 Å². The molecule has 0 N–H and O–H groups in total. The molecule has 0 saturated carbocycles. The lowest BCUT2D eigenvalue weighted by Crippen LogP contribution is -2.21. The largest absolute Gasteiger partial charge is 0.487 e. The summed E-state index contributed by atoms with van der Waals surface area (Å²) in [6, 6.07) is 11.7. The second-order valence-corrected chi connectivity index (χ2v) is 11.0. The van der Waals surface area contributed by atoms with Crippen LogP contribution in [0.15, 0.2) is 47.4 Å². The van der Waals surface area contributed by atoms with Crippen LogP contribution in [0, 0.1) is 11.5 Å². The van der Waals surface area contributed by atoms with E-state index in [1.807, 2.05) is 30.3 Å². The fraction of sp³-hybridized carbons (Fsp3) is 0.278. The van der Waals surface area contributed by atoms with Crippen molar-refractivity contribution in [1.82, 2.24) is 4.57 Å². The molecule has 0 bridgehead atoms. The Labute approximate surface area is 132 Å². The fourth-order valence-electron chi connectivity index (χ4n) is 1.83. The van der Waals surface area contributed by atoms with Crippen LogP contribution in [0.5, 0.6) is 5.75 Å². The number of nitrogens with zero attached hydrogens (tertiary/aromatic N) is 1. The van der Waals surface area contributed by atoms with Crippen molar-refractivity contribution in [1.29, 1.82) is 0 Å². The lowest BCUT2D eigenvalue weighted by atomic mass is 10.2. The van der Waals surface area contributed by atoms with Gasteiger partial charge in [0.25, 0.3) is 5.56 Å². The van der Waals surface area contributed by atoms with Gasteiger partial charge >= 0.3 is 0 Å². The van der Waals surface area contributed by atoms with Crippen molar-refractivity contribution in [3.05, 3.63) is 64.1 Å². The van der Waals surface area contributed by atoms with Crippen LogP contribution < -0.4 is 10.3 Å². The number of aromatic nitrogens is 1. The third-order valence-electron chi connectivity index (χ3n) is 3.03. The summed E-state index contributed by atoms with van der Waals surface area (Å²) >= 11 is 0. The number of rotatable bonds is 3. The van der Waals surface area contributed by atoms with Gasteiger partial charge in [-0.1, -0.05) is 55.9 Å². The van der Waals surface area contributed by atoms with Crippen LogP contribution in [0.1, 0.15) is 11.1 Å². The molecule has 114 valence electrons. The Hall–Kier alpha value is -2.25. The number of aryl methyl sites for hydroxylation is 1. The van der Waals surface area contributed by atoms with Crippen molar-refractivity contribution in [3.63, 3.8) is 0 Å². The molecule has 4 heteroatoms. The molecule has 0 atom stereocenters. The van der Waals surface area contributed by atoms with E-state index in [4.69, 9.17) is 4.74 Å². The minimum atomic E-state index is -1.55. The monoisotopic (exact) mass is 311 g/mol. The van der Waals surface area contributed by atoms with E-state index in [-0.39, 0.29) is 5.56 Å². The van der Waals surface area contributed by atoms with Gasteiger partial charge in [-0.25, -0.2) is 0 Å². The lowest BCUT2D eigenvalue weighted by molar-refractivity contribution is 0.304. The third kappa shape index (κ3) is 4.37. The lowest BCUT2D eigenvalue weighted by Gasteiger charge is -2.10. The molecule has 0 saturated heterocycles. The molecular formula is C18H21NO2Si. The summed E-state index contributed by atoms with van der Waals surface area (Å²) in [6.45, 7) is 6.88. The number of pyridine rings is 1. The first-order valence-electron chi connectivity index (χ1n) is 7.26. The van der Waals surface area contributed by atoms with Gasteiger partial charge in [0.15, 0.2) is 0 Å². The van der Waals surface area contributed by atoms with Gasteiger partial charge in [-0.15, -0.1) is 5.54 Å². The molecule has 0 radical (unpaired) electrons. The molecular weight excluding hydrogens is 290 g/mol. The van der Waals surface area contributed by atoms with Gasteiger partial charge in [-0.3, -0.25) is 4.79 Å². The Balaban J connectivity index is 2.32. The van der Waals surface area contributed by atoms with Crippen LogP contribution in [0.4, 0.5) is 0 Å². The normalized spacial score (nSPS) is 10.7. The molecule has 22 heavy (non-hydrogen) atoms. The average Bonchev–Trinajstić information content (AvgIpc) is 2.47. The molecule has 1 aromatic carbocycles. The summed E-state index contributed by atoms with van der Waals surface area (Å²) in [4.78, 5) is 12.3.